The molecule has 11 heteroatoms. The molecule has 1 aliphatic rings. The minimum Gasteiger partial charge on any atom is -0.497 e. The average Bonchev–Trinajstić information content (AvgIpc) is 3.23. The van der Waals surface area contributed by atoms with Crippen LogP contribution in [-0.2, 0) is 16.6 Å². The van der Waals surface area contributed by atoms with E-state index < -0.39 is 5.82 Å². The second-order valence-electron chi connectivity index (χ2n) is 8.10. The third-order valence-electron chi connectivity index (χ3n) is 5.69. The van der Waals surface area contributed by atoms with E-state index in [1.807, 2.05) is 40.8 Å². The van der Waals surface area contributed by atoms with Crippen LogP contribution in [0.5, 0.6) is 5.75 Å². The van der Waals surface area contributed by atoms with E-state index in [1.165, 1.54) is 23.9 Å². The zero-order valence-corrected chi connectivity index (χ0v) is 20.4. The van der Waals surface area contributed by atoms with Crippen LogP contribution in [0.25, 0.3) is 11.4 Å². The molecule has 0 unspecified atom stereocenters. The third-order valence-corrected chi connectivity index (χ3v) is 6.69. The van der Waals surface area contributed by atoms with Gasteiger partial charge in [-0.1, -0.05) is 30.0 Å². The molecule has 184 valence electrons. The largest absolute Gasteiger partial charge is 0.497 e. The lowest BCUT2D eigenvalue weighted by atomic mass is 10.2. The zero-order valence-electron chi connectivity index (χ0n) is 19.6. The molecule has 2 heterocycles. The van der Waals surface area contributed by atoms with Crippen molar-refractivity contribution < 1.29 is 18.7 Å². The van der Waals surface area contributed by atoms with Crippen molar-refractivity contribution in [3.8, 4) is 17.1 Å². The van der Waals surface area contributed by atoms with Crippen LogP contribution >= 0.6 is 11.8 Å². The predicted molar refractivity (Wildman–Crippen MR) is 132 cm³/mol. The molecule has 3 aromatic rings. The summed E-state index contributed by atoms with van der Waals surface area (Å²) in [5, 5.41) is 11.9. The maximum absolute atomic E-state index is 13.3. The first-order valence-corrected chi connectivity index (χ1v) is 12.1. The summed E-state index contributed by atoms with van der Waals surface area (Å²) in [6.45, 7) is 2.47. The number of hydrogen-bond donors (Lipinski definition) is 1. The summed E-state index contributed by atoms with van der Waals surface area (Å²) >= 11 is 1.35. The Kier molecular flexibility index (Phi) is 7.98. The molecule has 0 aliphatic carbocycles. The molecule has 35 heavy (non-hydrogen) atoms. The summed E-state index contributed by atoms with van der Waals surface area (Å²) in [6, 6.07) is 13.4. The van der Waals surface area contributed by atoms with Crippen molar-refractivity contribution in [3.05, 3.63) is 54.3 Å². The fraction of sp³-hybridized carbons (Fsp3) is 0.333. The van der Waals surface area contributed by atoms with E-state index in [0.717, 1.165) is 11.3 Å². The molecule has 1 saturated heterocycles. The van der Waals surface area contributed by atoms with Crippen LogP contribution in [0.15, 0.2) is 53.7 Å². The Bertz CT molecular complexity index is 1200. The summed E-state index contributed by atoms with van der Waals surface area (Å²) in [5.41, 5.74) is 1.31. The summed E-state index contributed by atoms with van der Waals surface area (Å²) in [7, 11) is 3.49. The molecule has 1 N–H and O–H groups in total. The van der Waals surface area contributed by atoms with Crippen LogP contribution in [0.4, 0.5) is 10.1 Å². The van der Waals surface area contributed by atoms with E-state index in [0.29, 0.717) is 42.8 Å². The van der Waals surface area contributed by atoms with Gasteiger partial charge in [-0.05, 0) is 30.3 Å². The molecule has 2 aromatic carbocycles. The number of nitrogens with one attached hydrogen (secondary N) is 1. The van der Waals surface area contributed by atoms with Crippen molar-refractivity contribution in [1.29, 1.82) is 0 Å². The standard InChI is InChI=1S/C24H27FN6O3S/c1-29-23(17-5-3-8-20(13-17)34-2)27-28-24(29)35-16-22(33)31-11-9-30(10-12-31)15-21(32)26-19-7-4-6-18(25)14-19/h3-8,13-14H,9-12,15-16H2,1-2H3,(H,26,32). The van der Waals surface area contributed by atoms with Crippen LogP contribution in [0.1, 0.15) is 0 Å². The van der Waals surface area contributed by atoms with Gasteiger partial charge in [-0.25, -0.2) is 4.39 Å². The Labute approximate surface area is 207 Å². The monoisotopic (exact) mass is 498 g/mol. The number of methoxy groups -OCH3 is 1. The number of nitrogens with zero attached hydrogens (tertiary/aromatic N) is 5. The maximum atomic E-state index is 13.3. The first-order valence-electron chi connectivity index (χ1n) is 11.1. The van der Waals surface area contributed by atoms with E-state index in [2.05, 4.69) is 15.5 Å². The van der Waals surface area contributed by atoms with Crippen LogP contribution in [0.2, 0.25) is 0 Å². The van der Waals surface area contributed by atoms with Gasteiger partial charge >= 0.3 is 0 Å². The van der Waals surface area contributed by atoms with Crippen molar-refractivity contribution in [2.75, 3.05) is 50.9 Å². The van der Waals surface area contributed by atoms with Gasteiger partial charge in [-0.3, -0.25) is 14.5 Å². The Balaban J connectivity index is 1.24. The number of thioether (sulfide) groups is 1. The highest BCUT2D eigenvalue weighted by Gasteiger charge is 2.23. The van der Waals surface area contributed by atoms with Gasteiger partial charge in [0.25, 0.3) is 0 Å². The smallest absolute Gasteiger partial charge is 0.238 e. The zero-order chi connectivity index (χ0) is 24.8. The summed E-state index contributed by atoms with van der Waals surface area (Å²) in [6.07, 6.45) is 0. The van der Waals surface area contributed by atoms with E-state index in [1.54, 1.807) is 24.1 Å². The van der Waals surface area contributed by atoms with Gasteiger partial charge in [0.2, 0.25) is 11.8 Å². The topological polar surface area (TPSA) is 92.6 Å². The van der Waals surface area contributed by atoms with Crippen LogP contribution in [0.3, 0.4) is 0 Å². The van der Waals surface area contributed by atoms with Crippen molar-refractivity contribution >= 4 is 29.3 Å². The lowest BCUT2D eigenvalue weighted by Gasteiger charge is -2.34. The minimum absolute atomic E-state index is 0.0183. The number of benzene rings is 2. The fourth-order valence-corrected chi connectivity index (χ4v) is 4.61. The average molecular weight is 499 g/mol. The van der Waals surface area contributed by atoms with E-state index in [4.69, 9.17) is 4.74 Å². The SMILES string of the molecule is COc1cccc(-c2nnc(SCC(=O)N3CCN(CC(=O)Nc4cccc(F)c4)CC3)n2C)c1. The number of hydrogen-bond acceptors (Lipinski definition) is 7. The summed E-state index contributed by atoms with van der Waals surface area (Å²) in [4.78, 5) is 28.8. The molecule has 4 rings (SSSR count). The fourth-order valence-electron chi connectivity index (χ4n) is 3.80. The molecule has 9 nitrogen and oxygen atoms in total. The normalized spacial score (nSPS) is 14.1. The first-order chi connectivity index (χ1) is 16.9. The van der Waals surface area contributed by atoms with Gasteiger partial charge in [0.05, 0.1) is 19.4 Å². The summed E-state index contributed by atoms with van der Waals surface area (Å²) in [5.74, 6) is 1.10. The van der Waals surface area contributed by atoms with Crippen LogP contribution in [0, 0.1) is 5.82 Å². The van der Waals surface area contributed by atoms with Crippen LogP contribution in [-0.4, -0.2) is 82.0 Å². The number of carbonyl (C=O) groups is 2. The van der Waals surface area contributed by atoms with Crippen molar-refractivity contribution in [1.82, 2.24) is 24.6 Å². The highest BCUT2D eigenvalue weighted by atomic mass is 32.2. The number of rotatable bonds is 8. The first kappa shape index (κ1) is 24.7. The molecule has 0 saturated carbocycles. The molecule has 0 spiro atoms. The molecule has 1 fully saturated rings. The molecule has 0 atom stereocenters. The van der Waals surface area contributed by atoms with Gasteiger partial charge in [0.1, 0.15) is 11.6 Å². The predicted octanol–water partition coefficient (Wildman–Crippen LogP) is 2.50. The minimum atomic E-state index is -0.398. The number of amides is 2. The van der Waals surface area contributed by atoms with E-state index >= 15 is 0 Å². The maximum Gasteiger partial charge on any atom is 0.238 e. The van der Waals surface area contributed by atoms with Gasteiger partial charge in [0, 0.05) is 44.5 Å². The number of ether oxygens (including phenoxy) is 1. The third kappa shape index (κ3) is 6.37. The van der Waals surface area contributed by atoms with Gasteiger partial charge in [-0.15, -0.1) is 10.2 Å². The Morgan fingerprint density at radius 2 is 1.86 bits per heavy atom. The number of carbonyl (C=O) groups excluding carboxylic acids is 2. The Hall–Kier alpha value is -3.44. The Morgan fingerprint density at radius 3 is 2.60 bits per heavy atom. The number of halogens is 1. The van der Waals surface area contributed by atoms with Gasteiger partial charge < -0.3 is 19.5 Å². The molecular weight excluding hydrogens is 471 g/mol. The van der Waals surface area contributed by atoms with Crippen LogP contribution < -0.4 is 10.1 Å². The molecule has 1 aromatic heterocycles. The van der Waals surface area contributed by atoms with Gasteiger partial charge in [-0.2, -0.15) is 0 Å². The molecule has 0 radical (unpaired) electrons. The number of anilines is 1. The lowest BCUT2D eigenvalue weighted by Crippen LogP contribution is -2.50. The highest BCUT2D eigenvalue weighted by molar-refractivity contribution is 7.99. The molecule has 1 aliphatic heterocycles. The number of piperazine rings is 1. The quantitative estimate of drug-likeness (QED) is 0.477. The van der Waals surface area contributed by atoms with Gasteiger partial charge in [0.15, 0.2) is 11.0 Å². The lowest BCUT2D eigenvalue weighted by molar-refractivity contribution is -0.130. The highest BCUT2D eigenvalue weighted by Crippen LogP contribution is 2.25. The van der Waals surface area contributed by atoms with Crippen molar-refractivity contribution in [2.45, 2.75) is 5.16 Å². The molecule has 2 amide bonds. The van der Waals surface area contributed by atoms with Crippen molar-refractivity contribution in [3.63, 3.8) is 0 Å². The van der Waals surface area contributed by atoms with E-state index in [9.17, 15) is 14.0 Å². The van der Waals surface area contributed by atoms with Crippen molar-refractivity contribution in [2.24, 2.45) is 7.05 Å². The number of aromatic nitrogens is 3. The van der Waals surface area contributed by atoms with E-state index in [-0.39, 0.29) is 24.1 Å². The molecule has 0 bridgehead atoms. The summed E-state index contributed by atoms with van der Waals surface area (Å²) < 4.78 is 20.4. The second-order valence-corrected chi connectivity index (χ2v) is 9.04. The Morgan fingerprint density at radius 1 is 1.09 bits per heavy atom. The molecular formula is C24H27FN6O3S. The second kappa shape index (κ2) is 11.3.